The second-order valence-electron chi connectivity index (χ2n) is 5.08. The number of nitrogens with one attached hydrogen (secondary N) is 1. The summed E-state index contributed by atoms with van der Waals surface area (Å²) in [6.45, 7) is 3.81. The average molecular weight is 312 g/mol. The van der Waals surface area contributed by atoms with Crippen molar-refractivity contribution >= 4 is 12.1 Å². The summed E-state index contributed by atoms with van der Waals surface area (Å²) in [4.78, 5) is 11.8. The van der Waals surface area contributed by atoms with E-state index in [2.05, 4.69) is 10.5 Å². The first-order valence-corrected chi connectivity index (χ1v) is 7.25. The summed E-state index contributed by atoms with van der Waals surface area (Å²) in [7, 11) is 1.60. The summed E-state index contributed by atoms with van der Waals surface area (Å²) in [6, 6.07) is 13.2. The molecule has 0 aliphatic heterocycles. The van der Waals surface area contributed by atoms with Gasteiger partial charge in [-0.2, -0.15) is 5.10 Å². The van der Waals surface area contributed by atoms with E-state index in [1.165, 1.54) is 0 Å². The number of hydrogen-bond acceptors (Lipinski definition) is 4. The molecule has 1 N–H and O–H groups in total. The lowest BCUT2D eigenvalue weighted by atomic mass is 10.1. The molecular weight excluding hydrogens is 292 g/mol. The van der Waals surface area contributed by atoms with Crippen molar-refractivity contribution < 1.29 is 14.3 Å². The van der Waals surface area contributed by atoms with E-state index in [0.29, 0.717) is 0 Å². The number of para-hydroxylation sites is 1. The molecule has 0 saturated carbocycles. The first kappa shape index (κ1) is 16.5. The van der Waals surface area contributed by atoms with Gasteiger partial charge in [-0.3, -0.25) is 4.79 Å². The number of methoxy groups -OCH3 is 1. The molecule has 0 aliphatic rings. The van der Waals surface area contributed by atoms with Gasteiger partial charge in [-0.15, -0.1) is 0 Å². The van der Waals surface area contributed by atoms with Gasteiger partial charge in [0.05, 0.1) is 13.3 Å². The van der Waals surface area contributed by atoms with E-state index in [1.807, 2.05) is 56.3 Å². The van der Waals surface area contributed by atoms with Crippen molar-refractivity contribution in [3.63, 3.8) is 0 Å². The largest absolute Gasteiger partial charge is 0.497 e. The third kappa shape index (κ3) is 4.85. The minimum atomic E-state index is -0.313. The number of nitrogens with zero attached hydrogens (tertiary/aromatic N) is 1. The van der Waals surface area contributed by atoms with Gasteiger partial charge in [0.2, 0.25) is 0 Å². The van der Waals surface area contributed by atoms with Crippen molar-refractivity contribution in [2.75, 3.05) is 13.7 Å². The number of carbonyl (C=O) groups excluding carboxylic acids is 1. The monoisotopic (exact) mass is 312 g/mol. The minimum Gasteiger partial charge on any atom is -0.497 e. The SMILES string of the molecule is COc1cccc(/C=N\NC(=O)COc2c(C)cccc2C)c1. The van der Waals surface area contributed by atoms with Crippen molar-refractivity contribution in [3.05, 3.63) is 59.2 Å². The van der Waals surface area contributed by atoms with E-state index in [4.69, 9.17) is 9.47 Å². The Morgan fingerprint density at radius 2 is 1.87 bits per heavy atom. The van der Waals surface area contributed by atoms with Gasteiger partial charge < -0.3 is 9.47 Å². The van der Waals surface area contributed by atoms with Crippen LogP contribution in [0.4, 0.5) is 0 Å². The summed E-state index contributed by atoms with van der Waals surface area (Å²) in [6.07, 6.45) is 1.55. The number of ether oxygens (including phenoxy) is 2. The normalized spacial score (nSPS) is 10.6. The molecule has 0 saturated heterocycles. The molecular formula is C18H20N2O3. The predicted molar refractivity (Wildman–Crippen MR) is 90.1 cm³/mol. The molecule has 5 heteroatoms. The summed E-state index contributed by atoms with van der Waals surface area (Å²) >= 11 is 0. The van der Waals surface area contributed by atoms with Gasteiger partial charge in [0, 0.05) is 0 Å². The smallest absolute Gasteiger partial charge is 0.277 e. The number of aryl methyl sites for hydroxylation is 2. The fraction of sp³-hybridized carbons (Fsp3) is 0.222. The highest BCUT2D eigenvalue weighted by Gasteiger charge is 2.06. The third-order valence-electron chi connectivity index (χ3n) is 3.25. The molecule has 2 aromatic carbocycles. The van der Waals surface area contributed by atoms with Crippen LogP contribution >= 0.6 is 0 Å². The lowest BCUT2D eigenvalue weighted by Crippen LogP contribution is -2.25. The Morgan fingerprint density at radius 1 is 1.17 bits per heavy atom. The molecule has 0 aliphatic carbocycles. The van der Waals surface area contributed by atoms with Crippen LogP contribution in [0.25, 0.3) is 0 Å². The van der Waals surface area contributed by atoms with Crippen LogP contribution in [0.2, 0.25) is 0 Å². The Labute approximate surface area is 135 Å². The van der Waals surface area contributed by atoms with Gasteiger partial charge in [0.1, 0.15) is 11.5 Å². The van der Waals surface area contributed by atoms with Crippen LogP contribution in [0.5, 0.6) is 11.5 Å². The first-order valence-electron chi connectivity index (χ1n) is 7.25. The van der Waals surface area contributed by atoms with Crippen LogP contribution in [0.15, 0.2) is 47.6 Å². The molecule has 0 fully saturated rings. The molecule has 1 amide bonds. The fourth-order valence-electron chi connectivity index (χ4n) is 2.10. The lowest BCUT2D eigenvalue weighted by Gasteiger charge is -2.10. The zero-order valence-electron chi connectivity index (χ0n) is 13.5. The van der Waals surface area contributed by atoms with Gasteiger partial charge >= 0.3 is 0 Å². The maximum absolute atomic E-state index is 11.8. The topological polar surface area (TPSA) is 59.9 Å². The number of hydrogen-bond donors (Lipinski definition) is 1. The van der Waals surface area contributed by atoms with Gasteiger partial charge in [-0.25, -0.2) is 5.43 Å². The Bertz CT molecular complexity index is 691. The summed E-state index contributed by atoms with van der Waals surface area (Å²) in [5, 5.41) is 3.91. The van der Waals surface area contributed by atoms with E-state index >= 15 is 0 Å². The highest BCUT2D eigenvalue weighted by molar-refractivity contribution is 5.83. The Balaban J connectivity index is 1.86. The van der Waals surface area contributed by atoms with Crippen molar-refractivity contribution in [1.29, 1.82) is 0 Å². The molecule has 2 aromatic rings. The third-order valence-corrected chi connectivity index (χ3v) is 3.25. The summed E-state index contributed by atoms with van der Waals surface area (Å²) < 4.78 is 10.7. The molecule has 0 spiro atoms. The minimum absolute atomic E-state index is 0.0822. The quantitative estimate of drug-likeness (QED) is 0.659. The number of carbonyl (C=O) groups is 1. The Hall–Kier alpha value is -2.82. The molecule has 0 radical (unpaired) electrons. The van der Waals surface area contributed by atoms with Crippen molar-refractivity contribution in [3.8, 4) is 11.5 Å². The maximum Gasteiger partial charge on any atom is 0.277 e. The highest BCUT2D eigenvalue weighted by atomic mass is 16.5. The summed E-state index contributed by atoms with van der Waals surface area (Å²) in [5.74, 6) is 1.16. The summed E-state index contributed by atoms with van der Waals surface area (Å²) in [5.41, 5.74) is 5.27. The van der Waals surface area contributed by atoms with Crippen molar-refractivity contribution in [2.24, 2.45) is 5.10 Å². The van der Waals surface area contributed by atoms with E-state index in [1.54, 1.807) is 13.3 Å². The Morgan fingerprint density at radius 3 is 2.57 bits per heavy atom. The molecule has 23 heavy (non-hydrogen) atoms. The molecule has 0 atom stereocenters. The molecule has 2 rings (SSSR count). The second kappa shape index (κ2) is 7.98. The zero-order valence-corrected chi connectivity index (χ0v) is 13.5. The van der Waals surface area contributed by atoms with Gasteiger partial charge in [-0.1, -0.05) is 30.3 Å². The average Bonchev–Trinajstić information content (AvgIpc) is 2.54. The number of hydrazone groups is 1. The Kier molecular flexibility index (Phi) is 5.74. The first-order chi connectivity index (χ1) is 11.1. The van der Waals surface area contributed by atoms with Crippen LogP contribution in [-0.4, -0.2) is 25.8 Å². The maximum atomic E-state index is 11.8. The standard InChI is InChI=1S/C18H20N2O3/c1-13-6-4-7-14(2)18(13)23-12-17(21)20-19-11-15-8-5-9-16(10-15)22-3/h4-11H,12H2,1-3H3,(H,20,21)/b19-11-. The lowest BCUT2D eigenvalue weighted by molar-refractivity contribution is -0.123. The van der Waals surface area contributed by atoms with Gasteiger partial charge in [0.25, 0.3) is 5.91 Å². The van der Waals surface area contributed by atoms with Crippen LogP contribution < -0.4 is 14.9 Å². The van der Waals surface area contributed by atoms with Gasteiger partial charge in [-0.05, 0) is 42.7 Å². The van der Waals surface area contributed by atoms with Gasteiger partial charge in [0.15, 0.2) is 6.61 Å². The van der Waals surface area contributed by atoms with Crippen LogP contribution in [-0.2, 0) is 4.79 Å². The zero-order chi connectivity index (χ0) is 16.7. The van der Waals surface area contributed by atoms with Crippen LogP contribution in [0.3, 0.4) is 0 Å². The van der Waals surface area contributed by atoms with Crippen LogP contribution in [0, 0.1) is 13.8 Å². The number of rotatable bonds is 6. The molecule has 0 aromatic heterocycles. The molecule has 5 nitrogen and oxygen atoms in total. The fourth-order valence-corrected chi connectivity index (χ4v) is 2.10. The van der Waals surface area contributed by atoms with E-state index in [-0.39, 0.29) is 12.5 Å². The predicted octanol–water partition coefficient (Wildman–Crippen LogP) is 2.84. The van der Waals surface area contributed by atoms with E-state index in [9.17, 15) is 4.79 Å². The number of benzene rings is 2. The molecule has 0 bridgehead atoms. The highest BCUT2D eigenvalue weighted by Crippen LogP contribution is 2.21. The molecule has 0 unspecified atom stereocenters. The van der Waals surface area contributed by atoms with Crippen molar-refractivity contribution in [1.82, 2.24) is 5.43 Å². The second-order valence-corrected chi connectivity index (χ2v) is 5.08. The molecule has 120 valence electrons. The van der Waals surface area contributed by atoms with Crippen molar-refractivity contribution in [2.45, 2.75) is 13.8 Å². The van der Waals surface area contributed by atoms with E-state index in [0.717, 1.165) is 28.2 Å². The number of amides is 1. The van der Waals surface area contributed by atoms with Crippen LogP contribution in [0.1, 0.15) is 16.7 Å². The molecule has 0 heterocycles. The van der Waals surface area contributed by atoms with E-state index < -0.39 is 0 Å².